The lowest BCUT2D eigenvalue weighted by Crippen LogP contribution is -2.47. The number of carbonyl (C=O) groups excluding carboxylic acids is 3. The predicted octanol–water partition coefficient (Wildman–Crippen LogP) is -0.302. The number of carbonyl (C=O) groups is 3. The van der Waals surface area contributed by atoms with Crippen LogP contribution < -0.4 is 11.3 Å². The molecule has 17 heteroatoms. The molecule has 1 aromatic heterocycles. The minimum Gasteiger partial charge on any atom is -0.438 e. The Hall–Kier alpha value is -2.85. The Labute approximate surface area is 224 Å². The SMILES string of the molecule is CC(C)(C)C(=O)OCOC(OC[C@H]1O[C@@H](n2ccnc(C(N)=O)c2=O)[C@H](O)[C@@H]1O)(O[PH+]=O)OC(=O)C(C)(C)C. The number of rotatable bonds is 11. The van der Waals surface area contributed by atoms with Gasteiger partial charge in [-0.1, -0.05) is 0 Å². The molecule has 39 heavy (non-hydrogen) atoms. The molecule has 2 unspecified atom stereocenters. The normalized spacial score (nSPS) is 23.3. The Morgan fingerprint density at radius 1 is 1.08 bits per heavy atom. The van der Waals surface area contributed by atoms with E-state index in [-0.39, 0.29) is 0 Å². The number of ether oxygens (including phenoxy) is 5. The van der Waals surface area contributed by atoms with Crippen LogP contribution in [0.3, 0.4) is 0 Å². The van der Waals surface area contributed by atoms with Gasteiger partial charge in [-0.3, -0.25) is 33.2 Å². The molecule has 0 radical (unpaired) electrons. The number of esters is 2. The van der Waals surface area contributed by atoms with E-state index < -0.39 is 92.7 Å². The van der Waals surface area contributed by atoms with Crippen molar-refractivity contribution >= 4 is 26.5 Å². The number of nitrogens with two attached hydrogens (primary N) is 1. The van der Waals surface area contributed by atoms with Gasteiger partial charge in [0.2, 0.25) is 6.79 Å². The van der Waals surface area contributed by atoms with Crippen molar-refractivity contribution in [3.8, 4) is 0 Å². The second-order valence-electron chi connectivity index (χ2n) is 10.5. The zero-order valence-corrected chi connectivity index (χ0v) is 23.2. The van der Waals surface area contributed by atoms with Crippen molar-refractivity contribution in [1.82, 2.24) is 9.55 Å². The first-order valence-corrected chi connectivity index (χ1v) is 12.4. The molecule has 1 aromatic rings. The molecule has 1 fully saturated rings. The highest BCUT2D eigenvalue weighted by molar-refractivity contribution is 7.17. The maximum Gasteiger partial charge on any atom is 0.508 e. The number of amides is 1. The highest BCUT2D eigenvalue weighted by Gasteiger charge is 2.51. The Morgan fingerprint density at radius 3 is 2.23 bits per heavy atom. The van der Waals surface area contributed by atoms with Crippen molar-refractivity contribution < 1.29 is 57.4 Å². The molecule has 1 aliphatic heterocycles. The largest absolute Gasteiger partial charge is 0.508 e. The Morgan fingerprint density at radius 2 is 1.69 bits per heavy atom. The van der Waals surface area contributed by atoms with Gasteiger partial charge in [-0.25, -0.2) is 4.98 Å². The van der Waals surface area contributed by atoms with E-state index in [0.717, 1.165) is 17.0 Å². The maximum absolute atomic E-state index is 12.6. The predicted molar refractivity (Wildman–Crippen MR) is 129 cm³/mol. The van der Waals surface area contributed by atoms with Crippen molar-refractivity contribution in [2.75, 3.05) is 13.4 Å². The molecule has 0 spiro atoms. The smallest absolute Gasteiger partial charge is 0.438 e. The van der Waals surface area contributed by atoms with Crippen LogP contribution in [0.25, 0.3) is 0 Å². The maximum atomic E-state index is 12.6. The van der Waals surface area contributed by atoms with Gasteiger partial charge in [0, 0.05) is 12.4 Å². The van der Waals surface area contributed by atoms with Gasteiger partial charge >= 0.3 is 26.8 Å². The zero-order valence-electron chi connectivity index (χ0n) is 22.2. The molecule has 6 atom stereocenters. The average molecular weight is 578 g/mol. The van der Waals surface area contributed by atoms with Gasteiger partial charge in [0.1, 0.15) is 18.3 Å². The van der Waals surface area contributed by atoms with Crippen molar-refractivity contribution in [2.24, 2.45) is 16.6 Å². The van der Waals surface area contributed by atoms with Crippen molar-refractivity contribution in [3.05, 3.63) is 28.4 Å². The van der Waals surface area contributed by atoms with Crippen LogP contribution in [0.2, 0.25) is 0 Å². The van der Waals surface area contributed by atoms with E-state index in [1.807, 2.05) is 0 Å². The molecule has 1 saturated heterocycles. The van der Waals surface area contributed by atoms with E-state index in [2.05, 4.69) is 4.98 Å². The Bertz CT molecular complexity index is 1130. The van der Waals surface area contributed by atoms with Gasteiger partial charge in [0.25, 0.3) is 11.5 Å². The molecular formula is C22H33N3O13P+. The van der Waals surface area contributed by atoms with Gasteiger partial charge in [-0.15, -0.1) is 0 Å². The van der Waals surface area contributed by atoms with Crippen molar-refractivity contribution in [3.63, 3.8) is 0 Å². The molecule has 4 N–H and O–H groups in total. The third-order valence-electron chi connectivity index (χ3n) is 5.17. The third-order valence-corrected chi connectivity index (χ3v) is 5.51. The number of hydrogen-bond acceptors (Lipinski definition) is 14. The monoisotopic (exact) mass is 578 g/mol. The van der Waals surface area contributed by atoms with Crippen LogP contribution in [0.1, 0.15) is 58.3 Å². The molecule has 0 aliphatic carbocycles. The van der Waals surface area contributed by atoms with E-state index in [1.165, 1.54) is 20.8 Å². The summed E-state index contributed by atoms with van der Waals surface area (Å²) in [5.74, 6) is -2.75. The van der Waals surface area contributed by atoms with Gasteiger partial charge in [0.05, 0.1) is 17.4 Å². The second kappa shape index (κ2) is 12.6. The minimum atomic E-state index is -2.83. The standard InChI is InChI=1S/C22H32N3O13P/c1-20(2,3)18(30)33-10-35-22(38-39-32,37-19(31)21(4,5)6)34-9-11-13(26)14(27)17(36-11)25-8-7-24-12(15(23)28)16(25)29/h7-8,11,13-14,17,26-27,39H,9-10H2,1-6H3,(H-,23,28)/p+1/t11-,13-,14-,17-,22?/m1/s1. The summed E-state index contributed by atoms with van der Waals surface area (Å²) in [6.07, 6.45) is -6.97. The lowest BCUT2D eigenvalue weighted by atomic mass is 9.97. The Balaban J connectivity index is 2.28. The Kier molecular flexibility index (Phi) is 10.4. The van der Waals surface area contributed by atoms with E-state index in [9.17, 15) is 34.0 Å². The molecule has 2 rings (SSSR count). The summed E-state index contributed by atoms with van der Waals surface area (Å²) in [6, 6.07) is 0. The average Bonchev–Trinajstić information content (AvgIpc) is 3.10. The fourth-order valence-corrected chi connectivity index (χ4v) is 3.21. The summed E-state index contributed by atoms with van der Waals surface area (Å²) in [4.78, 5) is 52.3. The molecule has 2 heterocycles. The highest BCUT2D eigenvalue weighted by atomic mass is 31.1. The van der Waals surface area contributed by atoms with Gasteiger partial charge in [0.15, 0.2) is 11.9 Å². The second-order valence-corrected chi connectivity index (χ2v) is 10.8. The van der Waals surface area contributed by atoms with Crippen LogP contribution in [0.15, 0.2) is 17.2 Å². The van der Waals surface area contributed by atoms with E-state index in [4.69, 9.17) is 33.9 Å². The molecule has 218 valence electrons. The summed E-state index contributed by atoms with van der Waals surface area (Å²) in [5.41, 5.74) is 1.48. The van der Waals surface area contributed by atoms with E-state index in [0.29, 0.717) is 0 Å². The summed E-state index contributed by atoms with van der Waals surface area (Å²) in [5, 5.41) is 21.1. The van der Waals surface area contributed by atoms with Crippen LogP contribution in [-0.4, -0.2) is 75.5 Å². The van der Waals surface area contributed by atoms with Gasteiger partial charge < -0.3 is 30.2 Å². The number of primary amides is 1. The quantitative estimate of drug-likeness (QED) is 0.174. The summed E-state index contributed by atoms with van der Waals surface area (Å²) < 4.78 is 43.6. The van der Waals surface area contributed by atoms with Gasteiger partial charge in [-0.05, 0) is 50.6 Å². The molecule has 16 nitrogen and oxygen atoms in total. The van der Waals surface area contributed by atoms with E-state index >= 15 is 0 Å². The molecule has 0 bridgehead atoms. The lowest BCUT2D eigenvalue weighted by molar-refractivity contribution is -0.466. The van der Waals surface area contributed by atoms with Crippen molar-refractivity contribution in [1.29, 1.82) is 0 Å². The number of aliphatic hydroxyl groups is 2. The van der Waals surface area contributed by atoms with Crippen LogP contribution >= 0.6 is 8.69 Å². The van der Waals surface area contributed by atoms with Gasteiger partial charge in [-0.2, -0.15) is 0 Å². The summed E-state index contributed by atoms with van der Waals surface area (Å²) >= 11 is 0. The first kappa shape index (κ1) is 32.4. The molecular weight excluding hydrogens is 545 g/mol. The zero-order chi connectivity index (χ0) is 29.8. The molecule has 0 saturated carbocycles. The minimum absolute atomic E-state index is 0.626. The number of aliphatic hydroxyl groups excluding tert-OH is 2. The number of hydrogen-bond donors (Lipinski definition) is 3. The topological polar surface area (TPSA) is 225 Å². The van der Waals surface area contributed by atoms with Crippen molar-refractivity contribution in [2.45, 2.75) is 72.2 Å². The molecule has 0 aromatic carbocycles. The van der Waals surface area contributed by atoms with E-state index in [1.54, 1.807) is 20.8 Å². The number of aromatic nitrogens is 2. The first-order valence-electron chi connectivity index (χ1n) is 11.6. The van der Waals surface area contributed by atoms with Crippen LogP contribution in [0.5, 0.6) is 0 Å². The van der Waals surface area contributed by atoms with Crippen LogP contribution in [0, 0.1) is 10.8 Å². The fraction of sp³-hybridized carbons (Fsp3) is 0.682. The highest BCUT2D eigenvalue weighted by Crippen LogP contribution is 2.32. The lowest BCUT2D eigenvalue weighted by Gasteiger charge is -2.30. The number of nitrogens with zero attached hydrogens (tertiary/aromatic N) is 2. The first-order chi connectivity index (χ1) is 17.9. The van der Waals surface area contributed by atoms with Crippen LogP contribution in [-0.2, 0) is 42.4 Å². The van der Waals surface area contributed by atoms with Crippen LogP contribution in [0.4, 0.5) is 0 Å². The molecule has 1 amide bonds. The molecule has 1 aliphatic rings. The summed E-state index contributed by atoms with van der Waals surface area (Å²) in [7, 11) is -1.60. The third kappa shape index (κ3) is 8.08. The fourth-order valence-electron chi connectivity index (χ4n) is 2.94. The summed E-state index contributed by atoms with van der Waals surface area (Å²) in [6.45, 7) is 7.64.